The fourth-order valence-electron chi connectivity index (χ4n) is 2.14. The third-order valence-corrected chi connectivity index (χ3v) is 4.05. The maximum absolute atomic E-state index is 11.1. The van der Waals surface area contributed by atoms with Gasteiger partial charge in [0.1, 0.15) is 5.69 Å². The first kappa shape index (κ1) is 14.1. The van der Waals surface area contributed by atoms with Gasteiger partial charge in [-0.05, 0) is 37.1 Å². The lowest BCUT2D eigenvalue weighted by Crippen LogP contribution is -2.22. The van der Waals surface area contributed by atoms with Crippen molar-refractivity contribution in [3.05, 3.63) is 28.3 Å². The summed E-state index contributed by atoms with van der Waals surface area (Å²) in [6, 6.07) is 5.32. The summed E-state index contributed by atoms with van der Waals surface area (Å²) in [7, 11) is 0. The zero-order chi connectivity index (χ0) is 13.7. The number of nitrogens with one attached hydrogen (secondary N) is 1. The topological polar surface area (TPSA) is 64.4 Å². The predicted molar refractivity (Wildman–Crippen MR) is 76.9 cm³/mol. The van der Waals surface area contributed by atoms with E-state index >= 15 is 0 Å². The van der Waals surface area contributed by atoms with Crippen molar-refractivity contribution in [2.75, 3.05) is 31.3 Å². The van der Waals surface area contributed by atoms with Crippen LogP contribution in [0.4, 0.5) is 11.4 Å². The number of anilines is 1. The first-order valence-corrected chi connectivity index (χ1v) is 7.57. The molecule has 1 saturated heterocycles. The van der Waals surface area contributed by atoms with E-state index in [-0.39, 0.29) is 10.6 Å². The molecule has 0 spiro atoms. The van der Waals surface area contributed by atoms with Crippen molar-refractivity contribution in [3.63, 3.8) is 0 Å². The van der Waals surface area contributed by atoms with Crippen molar-refractivity contribution < 1.29 is 9.66 Å². The molecule has 0 aliphatic carbocycles. The second kappa shape index (κ2) is 6.77. The number of hydrogen-bond donors (Lipinski definition) is 1. The molecule has 1 heterocycles. The molecule has 6 heteroatoms. The first-order chi connectivity index (χ1) is 9.20. The highest BCUT2D eigenvalue weighted by molar-refractivity contribution is 7.98. The minimum Gasteiger partial charge on any atom is -0.381 e. The zero-order valence-electron chi connectivity index (χ0n) is 10.9. The van der Waals surface area contributed by atoms with E-state index in [9.17, 15) is 10.1 Å². The van der Waals surface area contributed by atoms with Crippen molar-refractivity contribution >= 4 is 23.1 Å². The maximum atomic E-state index is 11.1. The molecule has 2 rings (SSSR count). The Kier molecular flexibility index (Phi) is 5.04. The van der Waals surface area contributed by atoms with Crippen LogP contribution in [0.3, 0.4) is 0 Å². The van der Waals surface area contributed by atoms with Gasteiger partial charge < -0.3 is 10.1 Å². The van der Waals surface area contributed by atoms with Gasteiger partial charge >= 0.3 is 0 Å². The highest BCUT2D eigenvalue weighted by Crippen LogP contribution is 2.29. The van der Waals surface area contributed by atoms with Crippen LogP contribution in [0.2, 0.25) is 0 Å². The van der Waals surface area contributed by atoms with Gasteiger partial charge in [-0.25, -0.2) is 0 Å². The number of nitro benzene ring substituents is 1. The summed E-state index contributed by atoms with van der Waals surface area (Å²) in [6.45, 7) is 2.35. The van der Waals surface area contributed by atoms with Gasteiger partial charge in [0.25, 0.3) is 5.69 Å². The fraction of sp³-hybridized carbons (Fsp3) is 0.538. The fourth-order valence-corrected chi connectivity index (χ4v) is 2.58. The minimum atomic E-state index is -0.327. The van der Waals surface area contributed by atoms with Crippen LogP contribution < -0.4 is 5.32 Å². The van der Waals surface area contributed by atoms with E-state index in [1.807, 2.05) is 12.3 Å². The van der Waals surface area contributed by atoms with Crippen LogP contribution in [0.15, 0.2) is 23.1 Å². The van der Waals surface area contributed by atoms with Crippen LogP contribution in [-0.4, -0.2) is 30.9 Å². The molecule has 19 heavy (non-hydrogen) atoms. The molecule has 5 nitrogen and oxygen atoms in total. The Morgan fingerprint density at radius 1 is 1.47 bits per heavy atom. The lowest BCUT2D eigenvalue weighted by molar-refractivity contribution is -0.384. The maximum Gasteiger partial charge on any atom is 0.293 e. The van der Waals surface area contributed by atoms with E-state index in [0.29, 0.717) is 11.6 Å². The number of rotatable bonds is 5. The van der Waals surface area contributed by atoms with Crippen molar-refractivity contribution in [2.24, 2.45) is 5.92 Å². The normalized spacial score (nSPS) is 16.3. The molecular weight excluding hydrogens is 264 g/mol. The second-order valence-electron chi connectivity index (χ2n) is 4.58. The molecule has 104 valence electrons. The van der Waals surface area contributed by atoms with Crippen molar-refractivity contribution in [1.82, 2.24) is 0 Å². The van der Waals surface area contributed by atoms with Crippen LogP contribution in [0.25, 0.3) is 0 Å². The van der Waals surface area contributed by atoms with Gasteiger partial charge in [-0.15, -0.1) is 11.8 Å². The van der Waals surface area contributed by atoms with E-state index in [4.69, 9.17) is 4.74 Å². The molecule has 1 fully saturated rings. The zero-order valence-corrected chi connectivity index (χ0v) is 11.7. The summed E-state index contributed by atoms with van der Waals surface area (Å²) >= 11 is 1.51. The Labute approximate surface area is 116 Å². The van der Waals surface area contributed by atoms with E-state index in [2.05, 4.69) is 5.32 Å². The Morgan fingerprint density at radius 3 is 2.84 bits per heavy atom. The highest BCUT2D eigenvalue weighted by Gasteiger charge is 2.17. The standard InChI is InChI=1S/C13H18N2O3S/c1-19-11-2-3-12(13(8-11)15(16)17)14-9-10-4-6-18-7-5-10/h2-3,8,10,14H,4-7,9H2,1H3. The largest absolute Gasteiger partial charge is 0.381 e. The van der Waals surface area contributed by atoms with Gasteiger partial charge in [0, 0.05) is 30.7 Å². The van der Waals surface area contributed by atoms with Crippen LogP contribution in [-0.2, 0) is 4.74 Å². The van der Waals surface area contributed by atoms with Crippen molar-refractivity contribution in [1.29, 1.82) is 0 Å². The van der Waals surface area contributed by atoms with Crippen molar-refractivity contribution in [3.8, 4) is 0 Å². The SMILES string of the molecule is CSc1ccc(NCC2CCOCC2)c([N+](=O)[O-])c1. The second-order valence-corrected chi connectivity index (χ2v) is 5.46. The predicted octanol–water partition coefficient (Wildman–Crippen LogP) is 3.16. The van der Waals surface area contributed by atoms with E-state index in [0.717, 1.165) is 37.5 Å². The molecule has 1 aliphatic rings. The number of hydrogen-bond acceptors (Lipinski definition) is 5. The summed E-state index contributed by atoms with van der Waals surface area (Å²) in [4.78, 5) is 11.7. The van der Waals surface area contributed by atoms with Crippen LogP contribution in [0, 0.1) is 16.0 Å². The quantitative estimate of drug-likeness (QED) is 0.510. The molecule has 0 unspecified atom stereocenters. The highest BCUT2D eigenvalue weighted by atomic mass is 32.2. The average Bonchev–Trinajstić information content (AvgIpc) is 2.46. The Hall–Kier alpha value is -1.27. The number of nitro groups is 1. The molecular formula is C13H18N2O3S. The number of ether oxygens (including phenoxy) is 1. The lowest BCUT2D eigenvalue weighted by atomic mass is 10.0. The summed E-state index contributed by atoms with van der Waals surface area (Å²) in [6.07, 6.45) is 3.95. The molecule has 1 N–H and O–H groups in total. The van der Waals surface area contributed by atoms with Gasteiger partial charge in [-0.3, -0.25) is 10.1 Å². The molecule has 0 saturated carbocycles. The monoisotopic (exact) mass is 282 g/mol. The number of benzene rings is 1. The van der Waals surface area contributed by atoms with E-state index in [1.54, 1.807) is 12.1 Å². The molecule has 1 aliphatic heterocycles. The molecule has 0 atom stereocenters. The van der Waals surface area contributed by atoms with Gasteiger partial charge in [0.15, 0.2) is 0 Å². The number of nitrogens with zero attached hydrogens (tertiary/aromatic N) is 1. The molecule has 1 aromatic rings. The first-order valence-electron chi connectivity index (χ1n) is 6.34. The summed E-state index contributed by atoms with van der Waals surface area (Å²) < 4.78 is 5.31. The summed E-state index contributed by atoms with van der Waals surface area (Å²) in [5.41, 5.74) is 0.758. The molecule has 0 bridgehead atoms. The Bertz CT molecular complexity index is 448. The average molecular weight is 282 g/mol. The number of thioether (sulfide) groups is 1. The smallest absolute Gasteiger partial charge is 0.293 e. The van der Waals surface area contributed by atoms with E-state index < -0.39 is 0 Å². The van der Waals surface area contributed by atoms with Crippen LogP contribution in [0.5, 0.6) is 0 Å². The third-order valence-electron chi connectivity index (χ3n) is 3.32. The lowest BCUT2D eigenvalue weighted by Gasteiger charge is -2.22. The Balaban J connectivity index is 2.04. The summed E-state index contributed by atoms with van der Waals surface area (Å²) in [5, 5.41) is 14.3. The van der Waals surface area contributed by atoms with E-state index in [1.165, 1.54) is 11.8 Å². The summed E-state index contributed by atoms with van der Waals surface area (Å²) in [5.74, 6) is 0.536. The van der Waals surface area contributed by atoms with Gasteiger partial charge in [-0.2, -0.15) is 0 Å². The van der Waals surface area contributed by atoms with Gasteiger partial charge in [-0.1, -0.05) is 0 Å². The van der Waals surface area contributed by atoms with Crippen molar-refractivity contribution in [2.45, 2.75) is 17.7 Å². The van der Waals surface area contributed by atoms with Gasteiger partial charge in [0.05, 0.1) is 4.92 Å². The van der Waals surface area contributed by atoms with Crippen LogP contribution >= 0.6 is 11.8 Å². The van der Waals surface area contributed by atoms with Gasteiger partial charge in [0.2, 0.25) is 0 Å². The van der Waals surface area contributed by atoms with Crippen LogP contribution in [0.1, 0.15) is 12.8 Å². The third kappa shape index (κ3) is 3.84. The Morgan fingerprint density at radius 2 is 2.21 bits per heavy atom. The molecule has 1 aromatic carbocycles. The minimum absolute atomic E-state index is 0.152. The molecule has 0 amide bonds. The molecule has 0 radical (unpaired) electrons. The molecule has 0 aromatic heterocycles.